The first-order valence-corrected chi connectivity index (χ1v) is 5.66. The number of carboxylic acid groups (broad SMARTS) is 1. The first-order chi connectivity index (χ1) is 8.15. The van der Waals surface area contributed by atoms with E-state index in [-0.39, 0.29) is 6.04 Å². The number of benzene rings is 1. The van der Waals surface area contributed by atoms with E-state index < -0.39 is 5.97 Å². The van der Waals surface area contributed by atoms with E-state index in [1.807, 2.05) is 17.9 Å². The van der Waals surface area contributed by atoms with Gasteiger partial charge in [-0.2, -0.15) is 5.26 Å². The number of rotatable bonds is 2. The lowest BCUT2D eigenvalue weighted by Gasteiger charge is -2.33. The minimum Gasteiger partial charge on any atom is -0.478 e. The van der Waals surface area contributed by atoms with Crippen LogP contribution in [0.4, 0.5) is 5.69 Å². The van der Waals surface area contributed by atoms with Crippen molar-refractivity contribution in [3.8, 4) is 6.07 Å². The lowest BCUT2D eigenvalue weighted by atomic mass is 9.95. The molecule has 4 heteroatoms. The summed E-state index contributed by atoms with van der Waals surface area (Å²) in [4.78, 5) is 13.1. The van der Waals surface area contributed by atoms with Crippen LogP contribution in [0.1, 0.15) is 29.3 Å². The molecule has 0 saturated heterocycles. The summed E-state index contributed by atoms with van der Waals surface area (Å²) in [6.07, 6.45) is 1.66. The number of anilines is 1. The van der Waals surface area contributed by atoms with Gasteiger partial charge in [0.1, 0.15) is 6.04 Å². The molecule has 0 radical (unpaired) electrons. The Bertz CT molecular complexity index is 491. The monoisotopic (exact) mass is 230 g/mol. The largest absolute Gasteiger partial charge is 0.478 e. The molecule has 1 unspecified atom stereocenters. The maximum Gasteiger partial charge on any atom is 0.336 e. The highest BCUT2D eigenvalue weighted by molar-refractivity contribution is 5.91. The van der Waals surface area contributed by atoms with Crippen molar-refractivity contribution >= 4 is 11.7 Å². The van der Waals surface area contributed by atoms with Crippen LogP contribution in [0.3, 0.4) is 0 Å². The number of nitriles is 1. The summed E-state index contributed by atoms with van der Waals surface area (Å²) < 4.78 is 0. The van der Waals surface area contributed by atoms with Crippen molar-refractivity contribution in [1.29, 1.82) is 5.26 Å². The molecule has 0 saturated carbocycles. The molecular formula is C13H14N2O2. The maximum atomic E-state index is 11.1. The summed E-state index contributed by atoms with van der Waals surface area (Å²) in [6, 6.07) is 7.24. The standard InChI is InChI=1S/C13H14N2O2/c1-9(8-14)15-7-3-5-10-11(13(16)17)4-2-6-12(10)15/h2,4,6,9H,3,5,7H2,1H3,(H,16,17). The van der Waals surface area contributed by atoms with Crippen LogP contribution < -0.4 is 4.90 Å². The molecule has 1 atom stereocenters. The Morgan fingerprint density at radius 2 is 2.35 bits per heavy atom. The van der Waals surface area contributed by atoms with Crippen LogP contribution in [0.15, 0.2) is 18.2 Å². The van der Waals surface area contributed by atoms with E-state index in [1.54, 1.807) is 12.1 Å². The Kier molecular flexibility index (Phi) is 3.01. The average molecular weight is 230 g/mol. The molecule has 1 aliphatic heterocycles. The van der Waals surface area contributed by atoms with Crippen molar-refractivity contribution in [2.45, 2.75) is 25.8 Å². The molecule has 17 heavy (non-hydrogen) atoms. The molecule has 1 N–H and O–H groups in total. The van der Waals surface area contributed by atoms with Crippen LogP contribution in [0.25, 0.3) is 0 Å². The molecule has 0 amide bonds. The Morgan fingerprint density at radius 3 is 3.00 bits per heavy atom. The van der Waals surface area contributed by atoms with Gasteiger partial charge in [-0.15, -0.1) is 0 Å². The van der Waals surface area contributed by atoms with E-state index in [0.717, 1.165) is 30.6 Å². The summed E-state index contributed by atoms with van der Waals surface area (Å²) in [5.41, 5.74) is 2.11. The first-order valence-electron chi connectivity index (χ1n) is 5.66. The molecule has 1 aromatic rings. The van der Waals surface area contributed by atoms with Crippen LogP contribution in [0.5, 0.6) is 0 Å². The average Bonchev–Trinajstić information content (AvgIpc) is 2.36. The highest BCUT2D eigenvalue weighted by Gasteiger charge is 2.24. The van der Waals surface area contributed by atoms with Gasteiger partial charge < -0.3 is 10.0 Å². The Balaban J connectivity index is 2.50. The van der Waals surface area contributed by atoms with E-state index in [4.69, 9.17) is 10.4 Å². The number of hydrogen-bond acceptors (Lipinski definition) is 3. The van der Waals surface area contributed by atoms with Gasteiger partial charge in [-0.1, -0.05) is 6.07 Å². The Labute approximate surface area is 100 Å². The fourth-order valence-electron chi connectivity index (χ4n) is 2.33. The Morgan fingerprint density at radius 1 is 1.59 bits per heavy atom. The SMILES string of the molecule is CC(C#N)N1CCCc2c(C(=O)O)cccc21. The van der Waals surface area contributed by atoms with Crippen LogP contribution in [0, 0.1) is 11.3 Å². The smallest absolute Gasteiger partial charge is 0.336 e. The van der Waals surface area contributed by atoms with Gasteiger partial charge in [0, 0.05) is 12.2 Å². The van der Waals surface area contributed by atoms with Crippen LogP contribution in [-0.2, 0) is 6.42 Å². The number of aromatic carboxylic acids is 1. The van der Waals surface area contributed by atoms with Gasteiger partial charge >= 0.3 is 5.97 Å². The maximum absolute atomic E-state index is 11.1. The lowest BCUT2D eigenvalue weighted by Crippen LogP contribution is -2.36. The minimum atomic E-state index is -0.895. The van der Waals surface area contributed by atoms with Crippen LogP contribution >= 0.6 is 0 Å². The number of nitrogens with zero attached hydrogens (tertiary/aromatic N) is 2. The van der Waals surface area contributed by atoms with Crippen molar-refractivity contribution in [2.75, 3.05) is 11.4 Å². The topological polar surface area (TPSA) is 64.3 Å². The van der Waals surface area contributed by atoms with Crippen molar-refractivity contribution < 1.29 is 9.90 Å². The van der Waals surface area contributed by atoms with Crippen molar-refractivity contribution in [1.82, 2.24) is 0 Å². The molecule has 0 aromatic heterocycles. The fourth-order valence-corrected chi connectivity index (χ4v) is 2.33. The van der Waals surface area contributed by atoms with Gasteiger partial charge in [0.15, 0.2) is 0 Å². The first kappa shape index (κ1) is 11.5. The predicted octanol–water partition coefficient (Wildman–Crippen LogP) is 2.05. The molecule has 1 heterocycles. The van der Waals surface area contributed by atoms with Crippen molar-refractivity contribution in [3.05, 3.63) is 29.3 Å². The molecule has 88 valence electrons. The molecule has 0 fully saturated rings. The van der Waals surface area contributed by atoms with E-state index in [0.29, 0.717) is 5.56 Å². The summed E-state index contributed by atoms with van der Waals surface area (Å²) in [5, 5.41) is 18.1. The minimum absolute atomic E-state index is 0.224. The van der Waals surface area contributed by atoms with E-state index in [9.17, 15) is 4.79 Å². The normalized spacial score (nSPS) is 15.9. The van der Waals surface area contributed by atoms with Crippen LogP contribution in [-0.4, -0.2) is 23.7 Å². The van der Waals surface area contributed by atoms with Crippen LogP contribution in [0.2, 0.25) is 0 Å². The molecule has 1 aromatic carbocycles. The molecule has 0 bridgehead atoms. The second-order valence-corrected chi connectivity index (χ2v) is 4.21. The van der Waals surface area contributed by atoms with Gasteiger partial charge in [-0.25, -0.2) is 4.79 Å². The molecule has 2 rings (SSSR count). The van der Waals surface area contributed by atoms with Gasteiger partial charge in [0.05, 0.1) is 11.6 Å². The van der Waals surface area contributed by atoms with E-state index in [2.05, 4.69) is 6.07 Å². The van der Waals surface area contributed by atoms with Gasteiger partial charge in [-0.05, 0) is 37.5 Å². The third-order valence-electron chi connectivity index (χ3n) is 3.17. The van der Waals surface area contributed by atoms with Gasteiger partial charge in [0.2, 0.25) is 0 Å². The number of fused-ring (bicyclic) bond motifs is 1. The summed E-state index contributed by atoms with van der Waals surface area (Å²) in [5.74, 6) is -0.895. The lowest BCUT2D eigenvalue weighted by molar-refractivity contribution is 0.0695. The summed E-state index contributed by atoms with van der Waals surface area (Å²) >= 11 is 0. The van der Waals surface area contributed by atoms with E-state index in [1.165, 1.54) is 0 Å². The van der Waals surface area contributed by atoms with Crippen molar-refractivity contribution in [2.24, 2.45) is 0 Å². The highest BCUT2D eigenvalue weighted by atomic mass is 16.4. The quantitative estimate of drug-likeness (QED) is 0.844. The van der Waals surface area contributed by atoms with Gasteiger partial charge in [0.25, 0.3) is 0 Å². The molecule has 0 aliphatic carbocycles. The zero-order valence-electron chi connectivity index (χ0n) is 9.68. The summed E-state index contributed by atoms with van der Waals surface area (Å²) in [6.45, 7) is 2.65. The number of hydrogen-bond donors (Lipinski definition) is 1. The Hall–Kier alpha value is -2.02. The fraction of sp³-hybridized carbons (Fsp3) is 0.385. The number of carbonyl (C=O) groups is 1. The third-order valence-corrected chi connectivity index (χ3v) is 3.17. The predicted molar refractivity (Wildman–Crippen MR) is 64.1 cm³/mol. The second-order valence-electron chi connectivity index (χ2n) is 4.21. The number of carboxylic acids is 1. The second kappa shape index (κ2) is 4.46. The zero-order valence-corrected chi connectivity index (χ0v) is 9.68. The van der Waals surface area contributed by atoms with E-state index >= 15 is 0 Å². The molecule has 1 aliphatic rings. The van der Waals surface area contributed by atoms with Crippen molar-refractivity contribution in [3.63, 3.8) is 0 Å². The molecule has 0 spiro atoms. The third kappa shape index (κ3) is 1.96. The highest BCUT2D eigenvalue weighted by Crippen LogP contribution is 2.31. The molecule has 4 nitrogen and oxygen atoms in total. The zero-order chi connectivity index (χ0) is 12.4. The molecular weight excluding hydrogens is 216 g/mol. The van der Waals surface area contributed by atoms with Gasteiger partial charge in [-0.3, -0.25) is 0 Å². The summed E-state index contributed by atoms with van der Waals surface area (Å²) in [7, 11) is 0.